The molecule has 3 aromatic rings. The fourth-order valence-corrected chi connectivity index (χ4v) is 4.33. The highest BCUT2D eigenvalue weighted by Crippen LogP contribution is 2.33. The van der Waals surface area contributed by atoms with Gasteiger partial charge in [0, 0.05) is 49.1 Å². The van der Waals surface area contributed by atoms with Gasteiger partial charge in [-0.15, -0.1) is 0 Å². The van der Waals surface area contributed by atoms with E-state index in [9.17, 15) is 9.59 Å². The van der Waals surface area contributed by atoms with E-state index in [1.807, 2.05) is 18.2 Å². The average Bonchev–Trinajstić information content (AvgIpc) is 3.30. The molecule has 0 saturated carbocycles. The number of hydrogen-bond acceptors (Lipinski definition) is 7. The van der Waals surface area contributed by atoms with E-state index < -0.39 is 5.91 Å². The lowest BCUT2D eigenvalue weighted by Crippen LogP contribution is -2.35. The van der Waals surface area contributed by atoms with Crippen LogP contribution in [0.25, 0.3) is 28.2 Å². The van der Waals surface area contributed by atoms with Gasteiger partial charge in [-0.1, -0.05) is 18.2 Å². The number of morpholine rings is 1. The van der Waals surface area contributed by atoms with Crippen molar-refractivity contribution in [1.82, 2.24) is 15.2 Å². The predicted molar refractivity (Wildman–Crippen MR) is 115 cm³/mol. The molecule has 8 heteroatoms. The van der Waals surface area contributed by atoms with E-state index in [4.69, 9.17) is 9.15 Å². The molecule has 2 aromatic heterocycles. The third kappa shape index (κ3) is 3.89. The van der Waals surface area contributed by atoms with Crippen LogP contribution in [-0.2, 0) is 16.1 Å². The summed E-state index contributed by atoms with van der Waals surface area (Å²) in [7, 11) is 0. The summed E-state index contributed by atoms with van der Waals surface area (Å²) in [5.41, 5.74) is 3.84. The fourth-order valence-electron chi connectivity index (χ4n) is 3.66. The van der Waals surface area contributed by atoms with E-state index in [0.717, 1.165) is 61.1 Å². The third-order valence-corrected chi connectivity index (χ3v) is 5.92. The maximum Gasteiger partial charge on any atom is 0.290 e. The zero-order valence-corrected chi connectivity index (χ0v) is 16.9. The molecule has 30 heavy (non-hydrogen) atoms. The topological polar surface area (TPSA) is 84.7 Å². The summed E-state index contributed by atoms with van der Waals surface area (Å²) in [6, 6.07) is 10.2. The number of aromatic nitrogens is 1. The Hall–Kier alpha value is -2.94. The van der Waals surface area contributed by atoms with Gasteiger partial charge in [0.15, 0.2) is 0 Å². The minimum absolute atomic E-state index is 0.320. The largest absolute Gasteiger partial charge is 0.456 e. The van der Waals surface area contributed by atoms with Crippen molar-refractivity contribution in [3.05, 3.63) is 59.0 Å². The molecule has 0 unspecified atom stereocenters. The number of thioether (sulfide) groups is 1. The number of pyridine rings is 1. The lowest BCUT2D eigenvalue weighted by atomic mass is 10.0. The highest BCUT2D eigenvalue weighted by molar-refractivity contribution is 8.18. The van der Waals surface area contributed by atoms with Crippen LogP contribution in [-0.4, -0.2) is 47.3 Å². The molecule has 2 aliphatic rings. The van der Waals surface area contributed by atoms with Crippen molar-refractivity contribution in [1.29, 1.82) is 0 Å². The van der Waals surface area contributed by atoms with Crippen LogP contribution in [0.5, 0.6) is 0 Å². The lowest BCUT2D eigenvalue weighted by Gasteiger charge is -2.26. The number of ether oxygens (including phenoxy) is 1. The van der Waals surface area contributed by atoms with Crippen LogP contribution in [0, 0.1) is 0 Å². The van der Waals surface area contributed by atoms with Gasteiger partial charge in [-0.3, -0.25) is 24.8 Å². The molecule has 7 nitrogen and oxygen atoms in total. The van der Waals surface area contributed by atoms with Crippen LogP contribution >= 0.6 is 11.8 Å². The van der Waals surface area contributed by atoms with Crippen LogP contribution < -0.4 is 5.32 Å². The Morgan fingerprint density at radius 3 is 2.83 bits per heavy atom. The van der Waals surface area contributed by atoms with E-state index in [-0.39, 0.29) is 5.24 Å². The Morgan fingerprint density at radius 2 is 2.03 bits per heavy atom. The zero-order valence-electron chi connectivity index (χ0n) is 16.1. The molecule has 5 rings (SSSR count). The number of benzene rings is 1. The number of carbonyl (C=O) groups excluding carboxylic acids is 2. The van der Waals surface area contributed by atoms with Gasteiger partial charge in [-0.05, 0) is 35.0 Å². The molecule has 2 saturated heterocycles. The highest BCUT2D eigenvalue weighted by Gasteiger charge is 2.25. The SMILES string of the molecule is O=C1NC(=O)/C(=C/c2cc3cncc(-c4cccc(CN5CCOCC5)c4)c3o2)S1. The van der Waals surface area contributed by atoms with Crippen LogP contribution in [0.15, 0.2) is 52.0 Å². The van der Waals surface area contributed by atoms with Gasteiger partial charge in [-0.25, -0.2) is 0 Å². The fraction of sp³-hybridized carbons (Fsp3) is 0.227. The Morgan fingerprint density at radius 1 is 1.17 bits per heavy atom. The first-order chi connectivity index (χ1) is 14.7. The molecule has 152 valence electrons. The maximum atomic E-state index is 11.8. The Balaban J connectivity index is 1.47. The minimum atomic E-state index is -0.403. The first-order valence-electron chi connectivity index (χ1n) is 9.67. The second-order valence-electron chi connectivity index (χ2n) is 7.20. The smallest absolute Gasteiger partial charge is 0.290 e. The average molecular weight is 421 g/mol. The summed E-state index contributed by atoms with van der Waals surface area (Å²) < 4.78 is 11.5. The summed E-state index contributed by atoms with van der Waals surface area (Å²) in [5, 5.41) is 2.72. The molecule has 4 heterocycles. The quantitative estimate of drug-likeness (QED) is 0.644. The van der Waals surface area contributed by atoms with Gasteiger partial charge in [0.05, 0.1) is 18.1 Å². The second kappa shape index (κ2) is 8.06. The molecule has 0 bridgehead atoms. The zero-order chi connectivity index (χ0) is 20.5. The van der Waals surface area contributed by atoms with E-state index >= 15 is 0 Å². The number of carbonyl (C=O) groups is 2. The summed E-state index contributed by atoms with van der Waals surface area (Å²) in [6.45, 7) is 4.29. The van der Waals surface area contributed by atoms with Crippen LogP contribution in [0.1, 0.15) is 11.3 Å². The Bertz CT molecular complexity index is 1160. The van der Waals surface area contributed by atoms with Gasteiger partial charge >= 0.3 is 0 Å². The molecule has 0 aliphatic carbocycles. The third-order valence-electron chi connectivity index (χ3n) is 5.11. The molecule has 2 aliphatic heterocycles. The van der Waals surface area contributed by atoms with Gasteiger partial charge in [0.2, 0.25) is 0 Å². The van der Waals surface area contributed by atoms with Gasteiger partial charge in [0.1, 0.15) is 11.3 Å². The number of fused-ring (bicyclic) bond motifs is 1. The number of nitrogens with zero attached hydrogens (tertiary/aromatic N) is 2. The standard InChI is InChI=1S/C22H19N3O4S/c26-21-19(30-22(27)24-21)10-17-9-16-11-23-12-18(20(16)29-17)15-3-1-2-14(8-15)13-25-4-6-28-7-5-25/h1-3,8-12H,4-7,13H2,(H,24,26,27)/b19-10-. The van der Waals surface area contributed by atoms with Crippen molar-refractivity contribution in [3.8, 4) is 11.1 Å². The first-order valence-corrected chi connectivity index (χ1v) is 10.5. The minimum Gasteiger partial charge on any atom is -0.456 e. The number of imide groups is 1. The Labute approximate surface area is 177 Å². The monoisotopic (exact) mass is 421 g/mol. The van der Waals surface area contributed by atoms with E-state index in [2.05, 4.69) is 27.3 Å². The van der Waals surface area contributed by atoms with E-state index in [1.54, 1.807) is 18.5 Å². The molecule has 1 N–H and O–H groups in total. The van der Waals surface area contributed by atoms with E-state index in [1.165, 1.54) is 5.56 Å². The van der Waals surface area contributed by atoms with Crippen molar-refractivity contribution in [2.45, 2.75) is 6.54 Å². The predicted octanol–water partition coefficient (Wildman–Crippen LogP) is 3.65. The first kappa shape index (κ1) is 19.0. The molecule has 0 radical (unpaired) electrons. The number of amides is 2. The molecule has 0 spiro atoms. The summed E-state index contributed by atoms with van der Waals surface area (Å²) in [4.78, 5) is 30.2. The maximum absolute atomic E-state index is 11.8. The van der Waals surface area contributed by atoms with Crippen molar-refractivity contribution in [2.24, 2.45) is 0 Å². The van der Waals surface area contributed by atoms with Crippen molar-refractivity contribution in [2.75, 3.05) is 26.3 Å². The molecule has 0 atom stereocenters. The molecule has 2 amide bonds. The number of rotatable bonds is 4. The van der Waals surface area contributed by atoms with Crippen LogP contribution in [0.2, 0.25) is 0 Å². The molecule has 1 aromatic carbocycles. The summed E-state index contributed by atoms with van der Waals surface area (Å²) in [5.74, 6) is 0.107. The Kier molecular flexibility index (Phi) is 5.12. The summed E-state index contributed by atoms with van der Waals surface area (Å²) in [6.07, 6.45) is 5.11. The normalized spacial score (nSPS) is 19.0. The van der Waals surface area contributed by atoms with Crippen LogP contribution in [0.3, 0.4) is 0 Å². The number of furan rings is 1. The van der Waals surface area contributed by atoms with Gasteiger partial charge < -0.3 is 9.15 Å². The molecular formula is C22H19N3O4S. The second-order valence-corrected chi connectivity index (χ2v) is 8.21. The van der Waals surface area contributed by atoms with Crippen molar-refractivity contribution in [3.63, 3.8) is 0 Å². The van der Waals surface area contributed by atoms with Gasteiger partial charge in [-0.2, -0.15) is 0 Å². The summed E-state index contributed by atoms with van der Waals surface area (Å²) >= 11 is 0.870. The van der Waals surface area contributed by atoms with Gasteiger partial charge in [0.25, 0.3) is 11.1 Å². The lowest BCUT2D eigenvalue weighted by molar-refractivity contribution is -0.115. The molecular weight excluding hydrogens is 402 g/mol. The number of nitrogens with one attached hydrogen (secondary N) is 1. The van der Waals surface area contributed by atoms with Crippen molar-refractivity contribution < 1.29 is 18.7 Å². The van der Waals surface area contributed by atoms with Crippen LogP contribution in [0.4, 0.5) is 4.79 Å². The number of hydrogen-bond donors (Lipinski definition) is 1. The van der Waals surface area contributed by atoms with Crippen molar-refractivity contribution >= 4 is 40.0 Å². The van der Waals surface area contributed by atoms with E-state index in [0.29, 0.717) is 16.2 Å². The molecule has 2 fully saturated rings. The highest BCUT2D eigenvalue weighted by atomic mass is 32.2.